The molecule has 0 radical (unpaired) electrons. The Morgan fingerprint density at radius 3 is 2.62 bits per heavy atom. The molecule has 1 N–H and O–H groups in total. The van der Waals surface area contributed by atoms with E-state index in [1.807, 2.05) is 12.3 Å². The molecule has 0 saturated carbocycles. The van der Waals surface area contributed by atoms with Crippen LogP contribution in [0.5, 0.6) is 0 Å². The first kappa shape index (κ1) is 19.3. The van der Waals surface area contributed by atoms with Crippen LogP contribution in [-0.2, 0) is 9.47 Å². The third-order valence-electron chi connectivity index (χ3n) is 5.34. The maximum atomic E-state index is 5.33. The van der Waals surface area contributed by atoms with Crippen LogP contribution in [0.3, 0.4) is 0 Å². The average Bonchev–Trinajstić information content (AvgIpc) is 2.96. The van der Waals surface area contributed by atoms with Gasteiger partial charge in [-0.15, -0.1) is 0 Å². The van der Waals surface area contributed by atoms with Crippen molar-refractivity contribution >= 4 is 11.8 Å². The maximum absolute atomic E-state index is 5.33. The van der Waals surface area contributed by atoms with Crippen molar-refractivity contribution in [2.75, 3.05) is 57.2 Å². The van der Waals surface area contributed by atoms with Gasteiger partial charge in [-0.1, -0.05) is 12.8 Å². The molecule has 0 aromatic carbocycles. The van der Waals surface area contributed by atoms with Crippen LogP contribution in [-0.4, -0.2) is 74.1 Å². The molecule has 2 fully saturated rings. The highest BCUT2D eigenvalue weighted by Gasteiger charge is 2.23. The minimum Gasteiger partial charge on any atom is -0.356 e. The number of likely N-dealkylation sites (tertiary alicyclic amines) is 1. The number of aromatic nitrogens is 2. The molecule has 1 atom stereocenters. The van der Waals surface area contributed by atoms with Crippen molar-refractivity contribution in [3.63, 3.8) is 0 Å². The fourth-order valence-electron chi connectivity index (χ4n) is 3.87. The van der Waals surface area contributed by atoms with Gasteiger partial charge in [-0.05, 0) is 38.3 Å². The largest absolute Gasteiger partial charge is 0.356 e. The number of rotatable bonds is 7. The van der Waals surface area contributed by atoms with Gasteiger partial charge in [0.15, 0.2) is 6.29 Å². The van der Waals surface area contributed by atoms with E-state index < -0.39 is 0 Å². The molecule has 7 heteroatoms. The van der Waals surface area contributed by atoms with Gasteiger partial charge < -0.3 is 19.7 Å². The maximum Gasteiger partial charge on any atom is 0.224 e. The normalized spacial score (nSPS) is 22.4. The Hall–Kier alpha value is -1.44. The fourth-order valence-corrected chi connectivity index (χ4v) is 3.87. The quantitative estimate of drug-likeness (QED) is 0.746. The number of hydrogen-bond acceptors (Lipinski definition) is 7. The molecule has 3 heterocycles. The highest BCUT2D eigenvalue weighted by atomic mass is 16.7. The highest BCUT2D eigenvalue weighted by molar-refractivity contribution is 5.43. The Bertz CT molecular complexity index is 532. The van der Waals surface area contributed by atoms with Crippen molar-refractivity contribution in [3.8, 4) is 0 Å². The van der Waals surface area contributed by atoms with Crippen LogP contribution in [0.4, 0.5) is 11.8 Å². The van der Waals surface area contributed by atoms with Crippen LogP contribution >= 0.6 is 0 Å². The molecule has 1 aromatic heterocycles. The van der Waals surface area contributed by atoms with E-state index in [1.54, 1.807) is 14.2 Å². The average molecular weight is 364 g/mol. The summed E-state index contributed by atoms with van der Waals surface area (Å²) in [5.74, 6) is 1.80. The molecule has 7 nitrogen and oxygen atoms in total. The Morgan fingerprint density at radius 1 is 1.12 bits per heavy atom. The van der Waals surface area contributed by atoms with Crippen molar-refractivity contribution < 1.29 is 9.47 Å². The SMILES string of the molecule is COC(CN1CCCC(Nc2nccc(N3CCCCCC3)n2)C1)OC. The Kier molecular flexibility index (Phi) is 7.46. The van der Waals surface area contributed by atoms with E-state index in [1.165, 1.54) is 25.7 Å². The van der Waals surface area contributed by atoms with Crippen molar-refractivity contribution in [3.05, 3.63) is 12.3 Å². The standard InChI is InChI=1S/C19H33N5O2/c1-25-18(26-2)15-23-11-7-8-16(14-23)21-19-20-10-9-17(22-19)24-12-5-3-4-6-13-24/h9-10,16,18H,3-8,11-15H2,1-2H3,(H,20,21,22). The van der Waals surface area contributed by atoms with E-state index in [4.69, 9.17) is 14.5 Å². The van der Waals surface area contributed by atoms with Crippen LogP contribution < -0.4 is 10.2 Å². The fraction of sp³-hybridized carbons (Fsp3) is 0.789. The zero-order chi connectivity index (χ0) is 18.2. The molecule has 0 bridgehead atoms. The third kappa shape index (κ3) is 5.53. The second kappa shape index (κ2) is 10.0. The van der Waals surface area contributed by atoms with Crippen molar-refractivity contribution in [2.24, 2.45) is 0 Å². The Balaban J connectivity index is 1.57. The lowest BCUT2D eigenvalue weighted by molar-refractivity contribution is -0.118. The van der Waals surface area contributed by atoms with Gasteiger partial charge >= 0.3 is 0 Å². The van der Waals surface area contributed by atoms with Gasteiger partial charge in [0.05, 0.1) is 0 Å². The van der Waals surface area contributed by atoms with Crippen LogP contribution in [0.2, 0.25) is 0 Å². The number of methoxy groups -OCH3 is 2. The molecule has 0 spiro atoms. The van der Waals surface area contributed by atoms with Gasteiger partial charge in [0.25, 0.3) is 0 Å². The Labute approximate surface area is 157 Å². The lowest BCUT2D eigenvalue weighted by atomic mass is 10.1. The Morgan fingerprint density at radius 2 is 1.88 bits per heavy atom. The van der Waals surface area contributed by atoms with Crippen LogP contribution in [0, 0.1) is 0 Å². The molecule has 26 heavy (non-hydrogen) atoms. The lowest BCUT2D eigenvalue weighted by Gasteiger charge is -2.34. The van der Waals surface area contributed by atoms with Gasteiger partial charge in [-0.2, -0.15) is 4.98 Å². The molecule has 1 aromatic rings. The summed E-state index contributed by atoms with van der Waals surface area (Å²) >= 11 is 0. The van der Waals surface area contributed by atoms with E-state index in [0.29, 0.717) is 6.04 Å². The molecular formula is C19H33N5O2. The highest BCUT2D eigenvalue weighted by Crippen LogP contribution is 2.19. The first-order valence-electron chi connectivity index (χ1n) is 9.91. The minimum atomic E-state index is -0.170. The zero-order valence-corrected chi connectivity index (χ0v) is 16.2. The minimum absolute atomic E-state index is 0.170. The number of nitrogens with zero attached hydrogens (tertiary/aromatic N) is 4. The summed E-state index contributed by atoms with van der Waals surface area (Å²) in [5, 5.41) is 3.54. The zero-order valence-electron chi connectivity index (χ0n) is 16.2. The van der Waals surface area contributed by atoms with E-state index in [9.17, 15) is 0 Å². The predicted octanol–water partition coefficient (Wildman–Crippen LogP) is 2.35. The van der Waals surface area contributed by atoms with Gasteiger partial charge in [0.2, 0.25) is 5.95 Å². The summed E-state index contributed by atoms with van der Waals surface area (Å²) in [6.45, 7) is 5.03. The lowest BCUT2D eigenvalue weighted by Crippen LogP contribution is -2.46. The van der Waals surface area contributed by atoms with E-state index in [2.05, 4.69) is 20.1 Å². The van der Waals surface area contributed by atoms with Gasteiger partial charge in [-0.25, -0.2) is 4.98 Å². The molecule has 0 amide bonds. The van der Waals surface area contributed by atoms with Crippen LogP contribution in [0.25, 0.3) is 0 Å². The molecule has 2 aliphatic rings. The first-order chi connectivity index (χ1) is 12.8. The van der Waals surface area contributed by atoms with Gasteiger partial charge in [-0.3, -0.25) is 4.90 Å². The van der Waals surface area contributed by atoms with Gasteiger partial charge in [0, 0.05) is 52.6 Å². The monoisotopic (exact) mass is 363 g/mol. The number of anilines is 2. The van der Waals surface area contributed by atoms with Crippen molar-refractivity contribution in [1.29, 1.82) is 0 Å². The summed E-state index contributed by atoms with van der Waals surface area (Å²) in [6.07, 6.45) is 9.17. The summed E-state index contributed by atoms with van der Waals surface area (Å²) in [5.41, 5.74) is 0. The first-order valence-corrected chi connectivity index (χ1v) is 9.91. The molecule has 0 aliphatic carbocycles. The number of piperidine rings is 1. The number of nitrogens with one attached hydrogen (secondary N) is 1. The van der Waals surface area contributed by atoms with E-state index >= 15 is 0 Å². The molecule has 146 valence electrons. The molecule has 1 unspecified atom stereocenters. The van der Waals surface area contributed by atoms with Gasteiger partial charge in [0.1, 0.15) is 5.82 Å². The van der Waals surface area contributed by atoms with Crippen molar-refractivity contribution in [2.45, 2.75) is 50.9 Å². The second-order valence-corrected chi connectivity index (χ2v) is 7.28. The third-order valence-corrected chi connectivity index (χ3v) is 5.34. The number of hydrogen-bond donors (Lipinski definition) is 1. The molecule has 3 rings (SSSR count). The summed E-state index contributed by atoms with van der Waals surface area (Å²) in [4.78, 5) is 14.0. The summed E-state index contributed by atoms with van der Waals surface area (Å²) < 4.78 is 10.7. The van der Waals surface area contributed by atoms with Crippen molar-refractivity contribution in [1.82, 2.24) is 14.9 Å². The molecule has 2 aliphatic heterocycles. The topological polar surface area (TPSA) is 62.8 Å². The summed E-state index contributed by atoms with van der Waals surface area (Å²) in [6, 6.07) is 2.39. The smallest absolute Gasteiger partial charge is 0.224 e. The predicted molar refractivity (Wildman–Crippen MR) is 104 cm³/mol. The van der Waals surface area contributed by atoms with E-state index in [-0.39, 0.29) is 6.29 Å². The van der Waals surface area contributed by atoms with E-state index in [0.717, 1.165) is 57.3 Å². The van der Waals surface area contributed by atoms with Crippen LogP contribution in [0.15, 0.2) is 12.3 Å². The molecule has 2 saturated heterocycles. The molecular weight excluding hydrogens is 330 g/mol. The van der Waals surface area contributed by atoms with Crippen LogP contribution in [0.1, 0.15) is 38.5 Å². The summed E-state index contributed by atoms with van der Waals surface area (Å²) in [7, 11) is 3.38. The number of ether oxygens (including phenoxy) is 2. The second-order valence-electron chi connectivity index (χ2n) is 7.28.